The molecule has 3 rings (SSSR count). The first kappa shape index (κ1) is 17.4. The van der Waals surface area contributed by atoms with Gasteiger partial charge < -0.3 is 5.32 Å². The monoisotopic (exact) mass is 354 g/mol. The smallest absolute Gasteiger partial charge is 0.272 e. The Morgan fingerprint density at radius 2 is 2.08 bits per heavy atom. The highest BCUT2D eigenvalue weighted by molar-refractivity contribution is 7.88. The number of hydrogen-bond acceptors (Lipinski definition) is 4. The highest BCUT2D eigenvalue weighted by atomic mass is 32.2. The van der Waals surface area contributed by atoms with Gasteiger partial charge >= 0.3 is 0 Å². The third-order valence-electron chi connectivity index (χ3n) is 5.03. The van der Waals surface area contributed by atoms with Crippen LogP contribution >= 0.6 is 0 Å². The van der Waals surface area contributed by atoms with Crippen molar-refractivity contribution in [3.8, 4) is 0 Å². The van der Waals surface area contributed by atoms with Gasteiger partial charge in [0, 0.05) is 30.4 Å². The fourth-order valence-corrected chi connectivity index (χ4v) is 5.02. The molecule has 1 saturated heterocycles. The summed E-state index contributed by atoms with van der Waals surface area (Å²) in [6.07, 6.45) is 8.82. The number of H-pyrrole nitrogens is 1. The fourth-order valence-electron chi connectivity index (χ4n) is 3.80. The minimum atomic E-state index is -3.18. The maximum Gasteiger partial charge on any atom is 0.272 e. The van der Waals surface area contributed by atoms with E-state index in [1.54, 1.807) is 4.31 Å². The lowest BCUT2D eigenvalue weighted by atomic mass is 9.96. The molecule has 2 aliphatic rings. The maximum absolute atomic E-state index is 12.4. The van der Waals surface area contributed by atoms with Gasteiger partial charge in [0.15, 0.2) is 5.69 Å². The number of piperidine rings is 1. The summed E-state index contributed by atoms with van der Waals surface area (Å²) >= 11 is 0. The predicted octanol–water partition coefficient (Wildman–Crippen LogP) is 1.22. The van der Waals surface area contributed by atoms with Gasteiger partial charge in [-0.2, -0.15) is 9.40 Å². The topological polar surface area (TPSA) is 95.2 Å². The highest BCUT2D eigenvalue weighted by Gasteiger charge is 2.29. The molecular formula is C16H26N4O3S. The zero-order valence-corrected chi connectivity index (χ0v) is 15.0. The molecule has 24 heavy (non-hydrogen) atoms. The van der Waals surface area contributed by atoms with Crippen LogP contribution in [0.1, 0.15) is 60.3 Å². The molecule has 1 fully saturated rings. The molecule has 0 bridgehead atoms. The van der Waals surface area contributed by atoms with Gasteiger partial charge in [0.05, 0.1) is 6.26 Å². The Balaban J connectivity index is 1.56. The highest BCUT2D eigenvalue weighted by Crippen LogP contribution is 2.23. The van der Waals surface area contributed by atoms with Crippen molar-refractivity contribution < 1.29 is 13.2 Å². The van der Waals surface area contributed by atoms with Crippen LogP contribution in [0.3, 0.4) is 0 Å². The molecule has 8 heteroatoms. The summed E-state index contributed by atoms with van der Waals surface area (Å²) in [6.45, 7) is 1.06. The molecule has 134 valence electrons. The van der Waals surface area contributed by atoms with Crippen LogP contribution < -0.4 is 5.32 Å². The van der Waals surface area contributed by atoms with Crippen molar-refractivity contribution >= 4 is 15.9 Å². The van der Waals surface area contributed by atoms with E-state index in [2.05, 4.69) is 15.5 Å². The van der Waals surface area contributed by atoms with Crippen molar-refractivity contribution in [3.63, 3.8) is 0 Å². The third-order valence-corrected chi connectivity index (χ3v) is 6.37. The fraction of sp³-hybridized carbons (Fsp3) is 0.750. The summed E-state index contributed by atoms with van der Waals surface area (Å²) in [5.74, 6) is -0.156. The van der Waals surface area contributed by atoms with Gasteiger partial charge in [0.1, 0.15) is 0 Å². The van der Waals surface area contributed by atoms with Gasteiger partial charge in [-0.1, -0.05) is 6.42 Å². The molecule has 2 N–H and O–H groups in total. The minimum absolute atomic E-state index is 0.0119. The number of aromatic amines is 1. The Bertz CT molecular complexity index is 698. The Morgan fingerprint density at radius 1 is 1.29 bits per heavy atom. The number of aromatic nitrogens is 2. The second kappa shape index (κ2) is 7.23. The molecule has 1 aliphatic carbocycles. The number of carbonyl (C=O) groups excluding carboxylic acids is 1. The molecule has 1 atom stereocenters. The van der Waals surface area contributed by atoms with Crippen LogP contribution in [0.4, 0.5) is 0 Å². The van der Waals surface area contributed by atoms with Gasteiger partial charge in [-0.25, -0.2) is 8.42 Å². The molecule has 1 aromatic heterocycles. The predicted molar refractivity (Wildman–Crippen MR) is 91.4 cm³/mol. The van der Waals surface area contributed by atoms with Crippen molar-refractivity contribution in [1.29, 1.82) is 0 Å². The summed E-state index contributed by atoms with van der Waals surface area (Å²) in [6, 6.07) is -0.0119. The molecular weight excluding hydrogens is 328 g/mol. The van der Waals surface area contributed by atoms with Gasteiger partial charge in [0.2, 0.25) is 10.0 Å². The van der Waals surface area contributed by atoms with E-state index in [1.165, 1.54) is 6.26 Å². The maximum atomic E-state index is 12.4. The number of sulfonamides is 1. The van der Waals surface area contributed by atoms with Crippen LogP contribution in [0.25, 0.3) is 0 Å². The number of hydrogen-bond donors (Lipinski definition) is 2. The third kappa shape index (κ3) is 3.80. The van der Waals surface area contributed by atoms with Gasteiger partial charge in [-0.15, -0.1) is 0 Å². The normalized spacial score (nSPS) is 22.1. The van der Waals surface area contributed by atoms with Crippen molar-refractivity contribution in [3.05, 3.63) is 17.0 Å². The molecule has 1 aliphatic heterocycles. The average Bonchev–Trinajstić information content (AvgIpc) is 2.98. The van der Waals surface area contributed by atoms with Gasteiger partial charge in [0.25, 0.3) is 5.91 Å². The van der Waals surface area contributed by atoms with E-state index in [4.69, 9.17) is 0 Å². The lowest BCUT2D eigenvalue weighted by Crippen LogP contribution is -2.44. The standard InChI is InChI=1S/C16H26N4O3S/c1-24(22,23)20-11-5-4-6-12(20)9-10-17-16(21)15-13-7-2-3-8-14(13)18-19-15/h12H,2-11H2,1H3,(H,17,21)(H,18,19)/t12-/m0/s1. The molecule has 2 heterocycles. The van der Waals surface area contributed by atoms with Crippen LogP contribution in [0, 0.1) is 0 Å². The van der Waals surface area contributed by atoms with E-state index in [0.717, 1.165) is 56.2 Å². The second-order valence-corrected chi connectivity index (χ2v) is 8.74. The van der Waals surface area contributed by atoms with Crippen LogP contribution in [0.15, 0.2) is 0 Å². The zero-order valence-electron chi connectivity index (χ0n) is 14.2. The Labute approximate surface area is 143 Å². The van der Waals surface area contributed by atoms with E-state index < -0.39 is 10.0 Å². The lowest BCUT2D eigenvalue weighted by Gasteiger charge is -2.33. The van der Waals surface area contributed by atoms with Gasteiger partial charge in [-0.05, 0) is 44.9 Å². The Morgan fingerprint density at radius 3 is 2.88 bits per heavy atom. The first-order chi connectivity index (χ1) is 11.5. The molecule has 1 amide bonds. The first-order valence-corrected chi connectivity index (χ1v) is 10.6. The molecule has 0 aromatic carbocycles. The van der Waals surface area contributed by atoms with Crippen LogP contribution in [-0.4, -0.2) is 54.2 Å². The molecule has 0 unspecified atom stereocenters. The number of nitrogens with zero attached hydrogens (tertiary/aromatic N) is 2. The lowest BCUT2D eigenvalue weighted by molar-refractivity contribution is 0.0943. The van der Waals surface area contributed by atoms with Gasteiger partial charge in [-0.3, -0.25) is 9.89 Å². The van der Waals surface area contributed by atoms with Crippen molar-refractivity contribution in [2.75, 3.05) is 19.3 Å². The van der Waals surface area contributed by atoms with E-state index >= 15 is 0 Å². The van der Waals surface area contributed by atoms with Crippen molar-refractivity contribution in [1.82, 2.24) is 19.8 Å². The molecule has 0 radical (unpaired) electrons. The number of rotatable bonds is 5. The molecule has 0 saturated carbocycles. The molecule has 1 aromatic rings. The van der Waals surface area contributed by atoms with Crippen molar-refractivity contribution in [2.24, 2.45) is 0 Å². The Hall–Kier alpha value is -1.41. The largest absolute Gasteiger partial charge is 0.351 e. The van der Waals surface area contributed by atoms with E-state index in [-0.39, 0.29) is 11.9 Å². The summed E-state index contributed by atoms with van der Waals surface area (Å²) in [7, 11) is -3.18. The quantitative estimate of drug-likeness (QED) is 0.831. The van der Waals surface area contributed by atoms with E-state index in [1.807, 2.05) is 0 Å². The van der Waals surface area contributed by atoms with Crippen LogP contribution in [0.5, 0.6) is 0 Å². The van der Waals surface area contributed by atoms with Crippen LogP contribution in [-0.2, 0) is 22.9 Å². The van der Waals surface area contributed by atoms with Crippen LogP contribution in [0.2, 0.25) is 0 Å². The van der Waals surface area contributed by atoms with E-state index in [0.29, 0.717) is 25.2 Å². The second-order valence-electron chi connectivity index (χ2n) is 6.80. The number of amides is 1. The van der Waals surface area contributed by atoms with Crippen molar-refractivity contribution in [2.45, 2.75) is 57.4 Å². The summed E-state index contributed by atoms with van der Waals surface area (Å²) < 4.78 is 25.3. The van der Waals surface area contributed by atoms with E-state index in [9.17, 15) is 13.2 Å². The Kier molecular flexibility index (Phi) is 5.24. The SMILES string of the molecule is CS(=O)(=O)N1CCCC[C@H]1CCNC(=O)c1n[nH]c2c1CCCC2. The minimum Gasteiger partial charge on any atom is -0.351 e. The first-order valence-electron chi connectivity index (χ1n) is 8.78. The molecule has 7 nitrogen and oxygen atoms in total. The number of nitrogens with one attached hydrogen (secondary N) is 2. The number of aryl methyl sites for hydroxylation is 1. The zero-order chi connectivity index (χ0) is 17.2. The average molecular weight is 354 g/mol. The summed E-state index contributed by atoms with van der Waals surface area (Å²) in [5.41, 5.74) is 2.64. The number of fused-ring (bicyclic) bond motifs is 1. The summed E-state index contributed by atoms with van der Waals surface area (Å²) in [4.78, 5) is 12.4. The molecule has 0 spiro atoms. The number of carbonyl (C=O) groups is 1. The summed E-state index contributed by atoms with van der Waals surface area (Å²) in [5, 5.41) is 10.1.